The summed E-state index contributed by atoms with van der Waals surface area (Å²) in [7, 11) is 0. The van der Waals surface area contributed by atoms with Crippen molar-refractivity contribution in [2.45, 2.75) is 25.7 Å². The summed E-state index contributed by atoms with van der Waals surface area (Å²) in [5, 5.41) is 0. The van der Waals surface area contributed by atoms with Gasteiger partial charge in [-0.3, -0.25) is 0 Å². The molecule has 0 aromatic heterocycles. The van der Waals surface area contributed by atoms with Crippen molar-refractivity contribution in [2.24, 2.45) is 0 Å². The lowest BCUT2D eigenvalue weighted by atomic mass is 9.82. The molecular weight excluding hydrogens is 581 g/mol. The maximum absolute atomic E-state index is 2.37. The summed E-state index contributed by atoms with van der Waals surface area (Å²) in [6.07, 6.45) is 0.868. The Morgan fingerprint density at radius 2 is 0.729 bits per heavy atom. The number of nitrogens with zero attached hydrogens (tertiary/aromatic N) is 2. The number of rotatable bonds is 8. The van der Waals surface area contributed by atoms with E-state index < -0.39 is 0 Å². The van der Waals surface area contributed by atoms with Gasteiger partial charge in [0.1, 0.15) is 0 Å². The second-order valence-electron chi connectivity index (χ2n) is 13.1. The van der Waals surface area contributed by atoms with Crippen molar-refractivity contribution in [2.75, 3.05) is 9.80 Å². The summed E-state index contributed by atoms with van der Waals surface area (Å²) in [4.78, 5) is 4.67. The van der Waals surface area contributed by atoms with Crippen LogP contribution in [0, 0.1) is 0 Å². The molecule has 0 spiro atoms. The number of fused-ring (bicyclic) bond motifs is 3. The number of hydrogen-bond acceptors (Lipinski definition) is 2. The van der Waals surface area contributed by atoms with Crippen molar-refractivity contribution in [1.82, 2.24) is 0 Å². The SMILES string of the molecule is CC1(C)c2ccccc2-c2cc(N(c3ccccc3)c3ccc(Cc4ccc(N(c5ccccc5)c5ccccc5)cc4)cc3)ccc21. The van der Waals surface area contributed by atoms with Gasteiger partial charge in [0, 0.05) is 39.5 Å². The van der Waals surface area contributed by atoms with Gasteiger partial charge in [-0.25, -0.2) is 0 Å². The van der Waals surface area contributed by atoms with E-state index in [0.29, 0.717) is 0 Å². The molecule has 2 nitrogen and oxygen atoms in total. The van der Waals surface area contributed by atoms with Gasteiger partial charge in [0.2, 0.25) is 0 Å². The molecule has 0 aliphatic heterocycles. The smallest absolute Gasteiger partial charge is 0.0468 e. The molecule has 0 amide bonds. The fraction of sp³-hybridized carbons (Fsp3) is 0.0870. The van der Waals surface area contributed by atoms with Crippen LogP contribution in [0.15, 0.2) is 182 Å². The lowest BCUT2D eigenvalue weighted by molar-refractivity contribution is 0.660. The number of benzene rings is 7. The maximum Gasteiger partial charge on any atom is 0.0468 e. The minimum absolute atomic E-state index is 0.0107. The summed E-state index contributed by atoms with van der Waals surface area (Å²) in [6, 6.07) is 65.6. The highest BCUT2D eigenvalue weighted by Crippen LogP contribution is 2.50. The molecule has 1 aliphatic carbocycles. The summed E-state index contributed by atoms with van der Waals surface area (Å²) in [5.74, 6) is 0. The van der Waals surface area contributed by atoms with Crippen molar-refractivity contribution < 1.29 is 0 Å². The van der Waals surface area contributed by atoms with Crippen LogP contribution in [0.5, 0.6) is 0 Å². The number of hydrogen-bond donors (Lipinski definition) is 0. The first-order valence-electron chi connectivity index (χ1n) is 16.7. The molecule has 0 unspecified atom stereocenters. The zero-order valence-electron chi connectivity index (χ0n) is 27.4. The van der Waals surface area contributed by atoms with Crippen LogP contribution < -0.4 is 9.80 Å². The highest BCUT2D eigenvalue weighted by Gasteiger charge is 2.35. The lowest BCUT2D eigenvalue weighted by Crippen LogP contribution is -2.15. The standard InChI is InChI=1S/C46H38N2/c1-46(2)44-21-13-12-20-42(44)43-33-41(30-31-45(43)46)48(38-18-10-5-11-19-38)40-28-24-35(25-29-40)32-34-22-26-39(27-23-34)47(36-14-6-3-7-15-36)37-16-8-4-9-17-37/h3-31,33H,32H2,1-2H3. The highest BCUT2D eigenvalue weighted by molar-refractivity contribution is 5.86. The zero-order chi connectivity index (χ0) is 32.5. The fourth-order valence-corrected chi connectivity index (χ4v) is 7.23. The molecule has 8 rings (SSSR count). The normalized spacial score (nSPS) is 12.6. The van der Waals surface area contributed by atoms with Gasteiger partial charge in [0.05, 0.1) is 0 Å². The second kappa shape index (κ2) is 12.4. The van der Waals surface area contributed by atoms with Gasteiger partial charge in [-0.2, -0.15) is 0 Å². The highest BCUT2D eigenvalue weighted by atomic mass is 15.1. The van der Waals surface area contributed by atoms with Crippen LogP contribution in [0.25, 0.3) is 11.1 Å². The van der Waals surface area contributed by atoms with Gasteiger partial charge in [-0.05, 0) is 113 Å². The first kappa shape index (κ1) is 29.5. The van der Waals surface area contributed by atoms with Crippen LogP contribution >= 0.6 is 0 Å². The molecule has 7 aromatic carbocycles. The summed E-state index contributed by atoms with van der Waals surface area (Å²) in [5.41, 5.74) is 14.9. The van der Waals surface area contributed by atoms with Gasteiger partial charge < -0.3 is 9.80 Å². The quantitative estimate of drug-likeness (QED) is 0.167. The van der Waals surface area contributed by atoms with Crippen LogP contribution in [-0.4, -0.2) is 0 Å². The third-order valence-electron chi connectivity index (χ3n) is 9.67. The molecule has 2 heteroatoms. The number of para-hydroxylation sites is 3. The number of anilines is 6. The van der Waals surface area contributed by atoms with Crippen molar-refractivity contribution in [1.29, 1.82) is 0 Å². The Morgan fingerprint density at radius 3 is 1.23 bits per heavy atom. The second-order valence-corrected chi connectivity index (χ2v) is 13.1. The van der Waals surface area contributed by atoms with Gasteiger partial charge in [-0.15, -0.1) is 0 Å². The van der Waals surface area contributed by atoms with Gasteiger partial charge >= 0.3 is 0 Å². The maximum atomic E-state index is 2.37. The minimum atomic E-state index is -0.0107. The van der Waals surface area contributed by atoms with E-state index in [1.54, 1.807) is 0 Å². The van der Waals surface area contributed by atoms with E-state index in [0.717, 1.165) is 40.5 Å². The van der Waals surface area contributed by atoms with E-state index in [-0.39, 0.29) is 5.41 Å². The van der Waals surface area contributed by atoms with Gasteiger partial charge in [-0.1, -0.05) is 123 Å². The van der Waals surface area contributed by atoms with Crippen LogP contribution in [-0.2, 0) is 11.8 Å². The Morgan fingerprint density at radius 1 is 0.354 bits per heavy atom. The molecule has 232 valence electrons. The summed E-state index contributed by atoms with van der Waals surface area (Å²) < 4.78 is 0. The molecule has 0 heterocycles. The topological polar surface area (TPSA) is 6.48 Å². The first-order chi connectivity index (χ1) is 23.6. The summed E-state index contributed by atoms with van der Waals surface area (Å²) >= 11 is 0. The lowest BCUT2D eigenvalue weighted by Gasteiger charge is -2.27. The van der Waals surface area contributed by atoms with E-state index in [2.05, 4.69) is 206 Å². The van der Waals surface area contributed by atoms with Gasteiger partial charge in [0.15, 0.2) is 0 Å². The van der Waals surface area contributed by atoms with E-state index >= 15 is 0 Å². The van der Waals surface area contributed by atoms with E-state index in [1.807, 2.05) is 0 Å². The Labute approximate surface area is 284 Å². The minimum Gasteiger partial charge on any atom is -0.311 e. The molecule has 0 N–H and O–H groups in total. The Balaban J connectivity index is 1.08. The van der Waals surface area contributed by atoms with E-state index in [4.69, 9.17) is 0 Å². The summed E-state index contributed by atoms with van der Waals surface area (Å²) in [6.45, 7) is 4.67. The van der Waals surface area contributed by atoms with Crippen molar-refractivity contribution in [3.05, 3.63) is 204 Å². The Hall–Kier alpha value is -5.86. The average molecular weight is 619 g/mol. The predicted molar refractivity (Wildman–Crippen MR) is 203 cm³/mol. The molecule has 0 saturated carbocycles. The first-order valence-corrected chi connectivity index (χ1v) is 16.7. The van der Waals surface area contributed by atoms with E-state index in [1.165, 1.54) is 33.4 Å². The largest absolute Gasteiger partial charge is 0.311 e. The van der Waals surface area contributed by atoms with Crippen molar-refractivity contribution in [3.63, 3.8) is 0 Å². The third kappa shape index (κ3) is 5.46. The predicted octanol–water partition coefficient (Wildman–Crippen LogP) is 12.5. The van der Waals surface area contributed by atoms with Crippen molar-refractivity contribution in [3.8, 4) is 11.1 Å². The third-order valence-corrected chi connectivity index (χ3v) is 9.67. The van der Waals surface area contributed by atoms with E-state index in [9.17, 15) is 0 Å². The van der Waals surface area contributed by atoms with Crippen LogP contribution in [0.1, 0.15) is 36.1 Å². The van der Waals surface area contributed by atoms with Crippen LogP contribution in [0.3, 0.4) is 0 Å². The molecule has 48 heavy (non-hydrogen) atoms. The van der Waals surface area contributed by atoms with Gasteiger partial charge in [0.25, 0.3) is 0 Å². The van der Waals surface area contributed by atoms with Crippen molar-refractivity contribution >= 4 is 34.1 Å². The average Bonchev–Trinajstić information content (AvgIpc) is 3.37. The van der Waals surface area contributed by atoms with Crippen LogP contribution in [0.4, 0.5) is 34.1 Å². The fourth-order valence-electron chi connectivity index (χ4n) is 7.23. The Kier molecular flexibility index (Phi) is 7.62. The molecule has 0 radical (unpaired) electrons. The zero-order valence-corrected chi connectivity index (χ0v) is 27.4. The monoisotopic (exact) mass is 618 g/mol. The molecule has 0 saturated heterocycles. The molecule has 0 fully saturated rings. The van der Waals surface area contributed by atoms with Crippen LogP contribution in [0.2, 0.25) is 0 Å². The molecular formula is C46H38N2. The molecule has 0 bridgehead atoms. The molecule has 7 aromatic rings. The Bertz CT molecular complexity index is 2110. The molecule has 1 aliphatic rings. The molecule has 0 atom stereocenters.